The number of nitrogens with one attached hydrogen (secondary N) is 1. The van der Waals surface area contributed by atoms with Crippen molar-refractivity contribution in [1.82, 2.24) is 10.2 Å². The van der Waals surface area contributed by atoms with E-state index in [0.717, 1.165) is 18.7 Å². The number of hydrogen-bond donors (Lipinski definition) is 1. The van der Waals surface area contributed by atoms with E-state index in [-0.39, 0.29) is 11.4 Å². The van der Waals surface area contributed by atoms with Crippen molar-refractivity contribution in [3.63, 3.8) is 0 Å². The summed E-state index contributed by atoms with van der Waals surface area (Å²) in [6.07, 6.45) is 5.01. The predicted molar refractivity (Wildman–Crippen MR) is 82.0 cm³/mol. The maximum atomic E-state index is 14.4. The molecule has 1 saturated heterocycles. The Morgan fingerprint density at radius 1 is 1.38 bits per heavy atom. The maximum Gasteiger partial charge on any atom is 0.169 e. The summed E-state index contributed by atoms with van der Waals surface area (Å²) in [7, 11) is 1.52. The highest BCUT2D eigenvalue weighted by atomic mass is 19.1. The third kappa shape index (κ3) is 2.79. The molecule has 0 amide bonds. The zero-order valence-corrected chi connectivity index (χ0v) is 13.0. The van der Waals surface area contributed by atoms with Gasteiger partial charge in [-0.15, -0.1) is 0 Å². The van der Waals surface area contributed by atoms with Gasteiger partial charge in [0.2, 0.25) is 0 Å². The van der Waals surface area contributed by atoms with Gasteiger partial charge in [0.15, 0.2) is 11.6 Å². The summed E-state index contributed by atoms with van der Waals surface area (Å²) in [6.45, 7) is 4.89. The minimum atomic E-state index is -0.209. The Morgan fingerprint density at radius 2 is 2.14 bits per heavy atom. The molecule has 1 aliphatic heterocycles. The van der Waals surface area contributed by atoms with Gasteiger partial charge in [-0.1, -0.05) is 25.0 Å². The molecule has 3 rings (SSSR count). The van der Waals surface area contributed by atoms with Crippen LogP contribution in [-0.2, 0) is 6.54 Å². The number of benzene rings is 1. The van der Waals surface area contributed by atoms with Gasteiger partial charge >= 0.3 is 0 Å². The van der Waals surface area contributed by atoms with Crippen LogP contribution in [0.3, 0.4) is 0 Å². The van der Waals surface area contributed by atoms with Gasteiger partial charge in [-0.2, -0.15) is 0 Å². The second-order valence-electron chi connectivity index (χ2n) is 6.53. The number of halogens is 1. The zero-order valence-electron chi connectivity index (χ0n) is 13.0. The molecule has 1 aromatic carbocycles. The predicted octanol–water partition coefficient (Wildman–Crippen LogP) is 2.94. The van der Waals surface area contributed by atoms with E-state index < -0.39 is 0 Å². The molecule has 0 aromatic heterocycles. The quantitative estimate of drug-likeness (QED) is 0.927. The van der Waals surface area contributed by atoms with Crippen LogP contribution in [0.5, 0.6) is 5.75 Å². The van der Waals surface area contributed by atoms with Crippen LogP contribution >= 0.6 is 0 Å². The summed E-state index contributed by atoms with van der Waals surface area (Å²) in [5, 5.41) is 3.61. The molecule has 21 heavy (non-hydrogen) atoms. The van der Waals surface area contributed by atoms with Crippen LogP contribution in [0.4, 0.5) is 4.39 Å². The van der Waals surface area contributed by atoms with Crippen LogP contribution in [0.2, 0.25) is 0 Å². The average molecular weight is 292 g/mol. The Labute approximate surface area is 126 Å². The van der Waals surface area contributed by atoms with Gasteiger partial charge in [-0.05, 0) is 25.8 Å². The summed E-state index contributed by atoms with van der Waals surface area (Å²) in [5.41, 5.74) is 0.969. The number of hydrogen-bond acceptors (Lipinski definition) is 3. The van der Waals surface area contributed by atoms with Gasteiger partial charge in [0.25, 0.3) is 0 Å². The van der Waals surface area contributed by atoms with Crippen molar-refractivity contribution in [1.29, 1.82) is 0 Å². The fourth-order valence-corrected chi connectivity index (χ4v) is 3.86. The lowest BCUT2D eigenvalue weighted by Gasteiger charge is -2.48. The van der Waals surface area contributed by atoms with Gasteiger partial charge in [-0.25, -0.2) is 4.39 Å². The van der Waals surface area contributed by atoms with Crippen molar-refractivity contribution in [2.75, 3.05) is 20.2 Å². The van der Waals surface area contributed by atoms with Crippen LogP contribution in [0.25, 0.3) is 0 Å². The first-order chi connectivity index (χ1) is 10.1. The minimum absolute atomic E-state index is 0.209. The lowest BCUT2D eigenvalue weighted by molar-refractivity contribution is 0.0383. The Morgan fingerprint density at radius 3 is 2.86 bits per heavy atom. The van der Waals surface area contributed by atoms with Gasteiger partial charge in [0.05, 0.1) is 7.11 Å². The molecule has 0 radical (unpaired) electrons. The van der Waals surface area contributed by atoms with Gasteiger partial charge in [-0.3, -0.25) is 4.90 Å². The summed E-state index contributed by atoms with van der Waals surface area (Å²) >= 11 is 0. The molecule has 1 spiro atoms. The van der Waals surface area contributed by atoms with Gasteiger partial charge < -0.3 is 10.1 Å². The summed E-state index contributed by atoms with van der Waals surface area (Å²) in [6, 6.07) is 5.91. The van der Waals surface area contributed by atoms with E-state index in [2.05, 4.69) is 17.1 Å². The molecule has 1 saturated carbocycles. The van der Waals surface area contributed by atoms with Crippen molar-refractivity contribution >= 4 is 0 Å². The fourth-order valence-electron chi connectivity index (χ4n) is 3.86. The Hall–Kier alpha value is -1.13. The SMILES string of the molecule is COc1cccc(CN2CC(C)NCC23CCCC3)c1F. The third-order valence-electron chi connectivity index (χ3n) is 5.10. The molecule has 1 aromatic rings. The molecular formula is C17H25FN2O. The Bertz CT molecular complexity index is 500. The number of rotatable bonds is 3. The van der Waals surface area contributed by atoms with E-state index >= 15 is 0 Å². The molecule has 116 valence electrons. The maximum absolute atomic E-state index is 14.4. The van der Waals surface area contributed by atoms with Gasteiger partial charge in [0.1, 0.15) is 0 Å². The summed E-state index contributed by atoms with van der Waals surface area (Å²) < 4.78 is 19.5. The van der Waals surface area contributed by atoms with Crippen molar-refractivity contribution in [2.45, 2.75) is 50.7 Å². The standard InChI is InChI=1S/C17H25FN2O/c1-13-10-20(17(12-19-13)8-3-4-9-17)11-14-6-5-7-15(21-2)16(14)18/h5-7,13,19H,3-4,8-12H2,1-2H3. The smallest absolute Gasteiger partial charge is 0.169 e. The average Bonchev–Trinajstić information content (AvgIpc) is 2.95. The normalized spacial score (nSPS) is 25.4. The third-order valence-corrected chi connectivity index (χ3v) is 5.10. The molecule has 3 nitrogen and oxygen atoms in total. The molecule has 1 heterocycles. The van der Waals surface area contributed by atoms with E-state index in [4.69, 9.17) is 4.74 Å². The van der Waals surface area contributed by atoms with Crippen molar-refractivity contribution < 1.29 is 9.13 Å². The number of nitrogens with zero attached hydrogens (tertiary/aromatic N) is 1. The first-order valence-corrected chi connectivity index (χ1v) is 7.94. The topological polar surface area (TPSA) is 24.5 Å². The van der Waals surface area contributed by atoms with E-state index in [1.807, 2.05) is 12.1 Å². The molecular weight excluding hydrogens is 267 g/mol. The van der Waals surface area contributed by atoms with Crippen molar-refractivity contribution in [3.05, 3.63) is 29.6 Å². The highest BCUT2D eigenvalue weighted by Gasteiger charge is 2.42. The Kier molecular flexibility index (Phi) is 4.18. The molecule has 1 aliphatic carbocycles. The largest absolute Gasteiger partial charge is 0.494 e. The van der Waals surface area contributed by atoms with E-state index in [0.29, 0.717) is 18.3 Å². The van der Waals surface area contributed by atoms with Gasteiger partial charge in [0, 0.05) is 36.8 Å². The highest BCUT2D eigenvalue weighted by molar-refractivity contribution is 5.31. The number of ether oxygens (including phenoxy) is 1. The monoisotopic (exact) mass is 292 g/mol. The van der Waals surface area contributed by atoms with E-state index in [9.17, 15) is 4.39 Å². The lowest BCUT2D eigenvalue weighted by atomic mass is 9.90. The van der Waals surface area contributed by atoms with Crippen LogP contribution in [-0.4, -0.2) is 36.7 Å². The molecule has 4 heteroatoms. The number of methoxy groups -OCH3 is 1. The van der Waals surface area contributed by atoms with Crippen molar-refractivity contribution in [3.8, 4) is 5.75 Å². The van der Waals surface area contributed by atoms with Crippen LogP contribution in [0.1, 0.15) is 38.2 Å². The van der Waals surface area contributed by atoms with E-state index in [1.54, 1.807) is 6.07 Å². The number of piperazine rings is 1. The minimum Gasteiger partial charge on any atom is -0.494 e. The van der Waals surface area contributed by atoms with Crippen LogP contribution in [0.15, 0.2) is 18.2 Å². The van der Waals surface area contributed by atoms with Crippen molar-refractivity contribution in [2.24, 2.45) is 0 Å². The first kappa shape index (κ1) is 14.8. The second kappa shape index (κ2) is 5.93. The van der Waals surface area contributed by atoms with E-state index in [1.165, 1.54) is 32.8 Å². The highest BCUT2D eigenvalue weighted by Crippen LogP contribution is 2.38. The molecule has 1 unspecified atom stereocenters. The van der Waals surface area contributed by atoms with Crippen LogP contribution < -0.4 is 10.1 Å². The second-order valence-corrected chi connectivity index (χ2v) is 6.53. The molecule has 1 atom stereocenters. The summed E-state index contributed by atoms with van der Waals surface area (Å²) in [5.74, 6) is 0.135. The molecule has 1 N–H and O–H groups in total. The first-order valence-electron chi connectivity index (χ1n) is 7.94. The van der Waals surface area contributed by atoms with Crippen LogP contribution in [0, 0.1) is 5.82 Å². The fraction of sp³-hybridized carbons (Fsp3) is 0.647. The molecule has 2 aliphatic rings. The summed E-state index contributed by atoms with van der Waals surface area (Å²) in [4.78, 5) is 2.50. The zero-order chi connectivity index (χ0) is 14.9. The molecule has 0 bridgehead atoms. The Balaban J connectivity index is 1.84. The lowest BCUT2D eigenvalue weighted by Crippen LogP contribution is -2.62. The molecule has 2 fully saturated rings.